The molecule has 8 heteroatoms. The van der Waals surface area contributed by atoms with Crippen molar-refractivity contribution in [2.45, 2.75) is 6.92 Å². The first kappa shape index (κ1) is 14.8. The van der Waals surface area contributed by atoms with Crippen molar-refractivity contribution >= 4 is 34.5 Å². The molecule has 118 valence electrons. The summed E-state index contributed by atoms with van der Waals surface area (Å²) in [5.41, 5.74) is 8.46. The molecule has 0 bridgehead atoms. The molecule has 0 aliphatic heterocycles. The summed E-state index contributed by atoms with van der Waals surface area (Å²) < 4.78 is 1.85. The Kier molecular flexibility index (Phi) is 3.57. The van der Waals surface area contributed by atoms with Crippen LogP contribution in [0.25, 0.3) is 11.2 Å². The van der Waals surface area contributed by atoms with Crippen LogP contribution in [0.3, 0.4) is 0 Å². The van der Waals surface area contributed by atoms with Gasteiger partial charge in [-0.1, -0.05) is 0 Å². The second-order valence-electron chi connectivity index (χ2n) is 5.10. The highest BCUT2D eigenvalue weighted by Crippen LogP contribution is 2.24. The molecule has 0 saturated heterocycles. The van der Waals surface area contributed by atoms with Gasteiger partial charge in [0, 0.05) is 25.3 Å². The Morgan fingerprint density at radius 3 is 2.52 bits per heavy atom. The van der Waals surface area contributed by atoms with Gasteiger partial charge in [0.15, 0.2) is 17.0 Å². The lowest BCUT2D eigenvalue weighted by Gasteiger charge is -2.08. The molecule has 0 aliphatic rings. The summed E-state index contributed by atoms with van der Waals surface area (Å²) in [4.78, 5) is 24.5. The number of rotatable bonds is 3. The van der Waals surface area contributed by atoms with E-state index in [4.69, 9.17) is 5.73 Å². The van der Waals surface area contributed by atoms with Gasteiger partial charge < -0.3 is 20.9 Å². The van der Waals surface area contributed by atoms with E-state index in [1.807, 2.05) is 18.5 Å². The van der Waals surface area contributed by atoms with Crippen LogP contribution in [0.4, 0.5) is 17.5 Å². The van der Waals surface area contributed by atoms with Gasteiger partial charge in [-0.3, -0.25) is 4.79 Å². The van der Waals surface area contributed by atoms with Gasteiger partial charge in [0.2, 0.25) is 5.95 Å². The number of imidazole rings is 1. The van der Waals surface area contributed by atoms with Crippen molar-refractivity contribution in [3.05, 3.63) is 35.7 Å². The number of carbonyl (C=O) groups is 1. The number of nitrogens with one attached hydrogen (secondary N) is 2. The van der Waals surface area contributed by atoms with Crippen LogP contribution >= 0.6 is 0 Å². The molecule has 1 aromatic carbocycles. The molecule has 4 N–H and O–H groups in total. The SMILES string of the molecule is CNC(=O)c1ccc(Nc2nc(N)nc3c2nc(C)n3C)cc1. The summed E-state index contributed by atoms with van der Waals surface area (Å²) in [5.74, 6) is 1.39. The average Bonchev–Trinajstić information content (AvgIpc) is 2.83. The summed E-state index contributed by atoms with van der Waals surface area (Å²) in [5, 5.41) is 5.76. The van der Waals surface area contributed by atoms with Gasteiger partial charge in [-0.25, -0.2) is 4.98 Å². The van der Waals surface area contributed by atoms with Crippen LogP contribution in [-0.2, 0) is 7.05 Å². The van der Waals surface area contributed by atoms with E-state index in [1.165, 1.54) is 0 Å². The van der Waals surface area contributed by atoms with Crippen LogP contribution < -0.4 is 16.4 Å². The molecule has 0 spiro atoms. The molecule has 0 unspecified atom stereocenters. The molecule has 0 fully saturated rings. The minimum Gasteiger partial charge on any atom is -0.368 e. The quantitative estimate of drug-likeness (QED) is 0.673. The molecular formula is C15H17N7O. The summed E-state index contributed by atoms with van der Waals surface area (Å²) in [6, 6.07) is 7.05. The third-order valence-corrected chi connectivity index (χ3v) is 3.60. The number of nitrogens with two attached hydrogens (primary N) is 1. The Morgan fingerprint density at radius 2 is 1.87 bits per heavy atom. The maximum atomic E-state index is 11.6. The van der Waals surface area contributed by atoms with Crippen molar-refractivity contribution < 1.29 is 4.79 Å². The molecule has 0 aliphatic carbocycles. The third-order valence-electron chi connectivity index (χ3n) is 3.60. The Balaban J connectivity index is 1.98. The number of nitrogens with zero attached hydrogens (tertiary/aromatic N) is 4. The lowest BCUT2D eigenvalue weighted by atomic mass is 10.2. The van der Waals surface area contributed by atoms with Crippen LogP contribution in [0.15, 0.2) is 24.3 Å². The number of amides is 1. The highest BCUT2D eigenvalue weighted by atomic mass is 16.1. The van der Waals surface area contributed by atoms with Gasteiger partial charge in [0.25, 0.3) is 5.91 Å². The molecule has 8 nitrogen and oxygen atoms in total. The van der Waals surface area contributed by atoms with Gasteiger partial charge in [-0.15, -0.1) is 0 Å². The van der Waals surface area contributed by atoms with Gasteiger partial charge in [0.1, 0.15) is 5.82 Å². The van der Waals surface area contributed by atoms with Crippen molar-refractivity contribution in [3.8, 4) is 0 Å². The van der Waals surface area contributed by atoms with Gasteiger partial charge in [-0.05, 0) is 31.2 Å². The number of anilines is 3. The standard InChI is InChI=1S/C15H17N7O/c1-8-18-11-12(20-15(16)21-13(11)22(8)3)19-10-6-4-9(5-7-10)14(23)17-2/h4-7H,1-3H3,(H,17,23)(H3,16,19,20,21). The minimum absolute atomic E-state index is 0.134. The number of aromatic nitrogens is 4. The number of nitrogen functional groups attached to an aromatic ring is 1. The molecule has 2 heterocycles. The highest BCUT2D eigenvalue weighted by Gasteiger charge is 2.13. The van der Waals surface area contributed by atoms with Crippen LogP contribution in [0, 0.1) is 6.92 Å². The Morgan fingerprint density at radius 1 is 1.17 bits per heavy atom. The molecule has 1 amide bonds. The zero-order valence-electron chi connectivity index (χ0n) is 13.1. The molecule has 0 saturated carbocycles. The van der Waals surface area contributed by atoms with Crippen LogP contribution in [0.2, 0.25) is 0 Å². The van der Waals surface area contributed by atoms with Crippen LogP contribution in [-0.4, -0.2) is 32.5 Å². The van der Waals surface area contributed by atoms with E-state index in [2.05, 4.69) is 25.6 Å². The minimum atomic E-state index is -0.134. The van der Waals surface area contributed by atoms with Crippen LogP contribution in [0.1, 0.15) is 16.2 Å². The maximum absolute atomic E-state index is 11.6. The molecular weight excluding hydrogens is 294 g/mol. The highest BCUT2D eigenvalue weighted by molar-refractivity contribution is 5.94. The fourth-order valence-electron chi connectivity index (χ4n) is 2.26. The smallest absolute Gasteiger partial charge is 0.251 e. The molecule has 3 rings (SSSR count). The second-order valence-corrected chi connectivity index (χ2v) is 5.10. The summed E-state index contributed by atoms with van der Waals surface area (Å²) >= 11 is 0. The Labute approximate surface area is 132 Å². The Hall–Kier alpha value is -3.16. The predicted octanol–water partition coefficient (Wildman–Crippen LogP) is 1.36. The van der Waals surface area contributed by atoms with E-state index in [0.29, 0.717) is 22.5 Å². The third kappa shape index (κ3) is 2.66. The lowest BCUT2D eigenvalue weighted by molar-refractivity contribution is 0.0963. The fraction of sp³-hybridized carbons (Fsp3) is 0.200. The van der Waals surface area contributed by atoms with Gasteiger partial charge in [0.05, 0.1) is 0 Å². The fourth-order valence-corrected chi connectivity index (χ4v) is 2.26. The van der Waals surface area contributed by atoms with E-state index in [1.54, 1.807) is 31.3 Å². The first-order chi connectivity index (χ1) is 11.0. The van der Waals surface area contributed by atoms with E-state index in [-0.39, 0.29) is 11.9 Å². The molecule has 0 atom stereocenters. The number of hydrogen-bond acceptors (Lipinski definition) is 6. The zero-order chi connectivity index (χ0) is 16.6. The number of fused-ring (bicyclic) bond motifs is 1. The van der Waals surface area contributed by atoms with E-state index >= 15 is 0 Å². The summed E-state index contributed by atoms with van der Waals surface area (Å²) in [7, 11) is 3.47. The largest absolute Gasteiger partial charge is 0.368 e. The zero-order valence-corrected chi connectivity index (χ0v) is 13.1. The molecule has 3 aromatic rings. The van der Waals surface area contributed by atoms with Crippen molar-refractivity contribution in [2.75, 3.05) is 18.1 Å². The number of hydrogen-bond donors (Lipinski definition) is 3. The Bertz CT molecular complexity index is 883. The first-order valence-electron chi connectivity index (χ1n) is 7.05. The number of carbonyl (C=O) groups excluding carboxylic acids is 1. The molecule has 2 aromatic heterocycles. The maximum Gasteiger partial charge on any atom is 0.251 e. The first-order valence-corrected chi connectivity index (χ1v) is 7.05. The van der Waals surface area contributed by atoms with Crippen molar-refractivity contribution in [2.24, 2.45) is 7.05 Å². The summed E-state index contributed by atoms with van der Waals surface area (Å²) in [6.07, 6.45) is 0. The number of aryl methyl sites for hydroxylation is 2. The molecule has 0 radical (unpaired) electrons. The number of benzene rings is 1. The average molecular weight is 311 g/mol. The van der Waals surface area contributed by atoms with E-state index < -0.39 is 0 Å². The predicted molar refractivity (Wildman–Crippen MR) is 88.6 cm³/mol. The summed E-state index contributed by atoms with van der Waals surface area (Å²) in [6.45, 7) is 1.89. The van der Waals surface area contributed by atoms with Gasteiger partial charge in [-0.2, -0.15) is 9.97 Å². The topological polar surface area (TPSA) is 111 Å². The molecule has 23 heavy (non-hydrogen) atoms. The second kappa shape index (κ2) is 5.56. The van der Waals surface area contributed by atoms with Crippen molar-refractivity contribution in [1.29, 1.82) is 0 Å². The van der Waals surface area contributed by atoms with Gasteiger partial charge >= 0.3 is 0 Å². The lowest BCUT2D eigenvalue weighted by Crippen LogP contribution is -2.17. The van der Waals surface area contributed by atoms with E-state index in [0.717, 1.165) is 11.5 Å². The van der Waals surface area contributed by atoms with Crippen molar-refractivity contribution in [3.63, 3.8) is 0 Å². The monoisotopic (exact) mass is 311 g/mol. The van der Waals surface area contributed by atoms with Crippen LogP contribution in [0.5, 0.6) is 0 Å². The van der Waals surface area contributed by atoms with E-state index in [9.17, 15) is 4.79 Å². The van der Waals surface area contributed by atoms with Crippen molar-refractivity contribution in [1.82, 2.24) is 24.8 Å². The normalized spacial score (nSPS) is 10.7.